The number of pyridine rings is 1. The summed E-state index contributed by atoms with van der Waals surface area (Å²) in [5.74, 6) is -0.912. The van der Waals surface area contributed by atoms with E-state index in [2.05, 4.69) is 11.4 Å². The molecule has 37 heavy (non-hydrogen) atoms. The van der Waals surface area contributed by atoms with Crippen molar-refractivity contribution >= 4 is 40.9 Å². The smallest absolute Gasteiger partial charge is 0.339 e. The van der Waals surface area contributed by atoms with Gasteiger partial charge in [-0.2, -0.15) is 5.26 Å². The lowest BCUT2D eigenvalue weighted by molar-refractivity contribution is -0.113. The van der Waals surface area contributed by atoms with E-state index in [-0.39, 0.29) is 17.2 Å². The monoisotopic (exact) mass is 527 g/mol. The Morgan fingerprint density at radius 3 is 2.38 bits per heavy atom. The summed E-state index contributed by atoms with van der Waals surface area (Å²) in [5, 5.41) is 13.8. The van der Waals surface area contributed by atoms with Crippen molar-refractivity contribution in [1.82, 2.24) is 4.98 Å². The minimum atomic E-state index is -0.546. The lowest BCUT2D eigenvalue weighted by Crippen LogP contribution is -2.17. The first-order valence-corrected chi connectivity index (χ1v) is 12.6. The van der Waals surface area contributed by atoms with Crippen LogP contribution in [0.15, 0.2) is 83.9 Å². The first kappa shape index (κ1) is 26.0. The van der Waals surface area contributed by atoms with Gasteiger partial charge in [0.1, 0.15) is 11.1 Å². The van der Waals surface area contributed by atoms with Gasteiger partial charge < -0.3 is 10.1 Å². The predicted molar refractivity (Wildman–Crippen MR) is 147 cm³/mol. The highest BCUT2D eigenvalue weighted by Gasteiger charge is 2.18. The van der Waals surface area contributed by atoms with Crippen molar-refractivity contribution in [3.8, 4) is 28.5 Å². The minimum Gasteiger partial charge on any atom is -0.465 e. The Hall–Kier alpha value is -4.12. The van der Waals surface area contributed by atoms with Gasteiger partial charge in [0.15, 0.2) is 0 Å². The number of carbonyl (C=O) groups is 2. The van der Waals surface area contributed by atoms with E-state index < -0.39 is 5.97 Å². The van der Waals surface area contributed by atoms with Gasteiger partial charge in [-0.15, -0.1) is 0 Å². The van der Waals surface area contributed by atoms with Crippen molar-refractivity contribution in [1.29, 1.82) is 5.26 Å². The molecule has 0 fully saturated rings. The van der Waals surface area contributed by atoms with Gasteiger partial charge in [-0.05, 0) is 42.8 Å². The molecule has 4 aromatic rings. The van der Waals surface area contributed by atoms with E-state index in [0.717, 1.165) is 28.5 Å². The van der Waals surface area contributed by atoms with Gasteiger partial charge in [0, 0.05) is 16.1 Å². The number of hydrogen-bond donors (Lipinski definition) is 1. The first-order chi connectivity index (χ1) is 17.9. The number of anilines is 1. The molecular formula is C29H22ClN3O3S. The molecule has 0 unspecified atom stereocenters. The highest BCUT2D eigenvalue weighted by Crippen LogP contribution is 2.35. The van der Waals surface area contributed by atoms with Gasteiger partial charge in [-0.25, -0.2) is 9.78 Å². The second-order valence-corrected chi connectivity index (χ2v) is 9.49. The van der Waals surface area contributed by atoms with E-state index in [1.54, 1.807) is 36.4 Å². The molecule has 1 amide bonds. The molecule has 6 nitrogen and oxygen atoms in total. The van der Waals surface area contributed by atoms with Gasteiger partial charge in [0.05, 0.1) is 35.4 Å². The van der Waals surface area contributed by atoms with Crippen LogP contribution in [-0.2, 0) is 9.53 Å². The summed E-state index contributed by atoms with van der Waals surface area (Å²) in [6.07, 6.45) is 0. The lowest BCUT2D eigenvalue weighted by atomic mass is 9.99. The van der Waals surface area contributed by atoms with Crippen molar-refractivity contribution in [2.75, 3.05) is 18.2 Å². The molecule has 0 saturated heterocycles. The van der Waals surface area contributed by atoms with Crippen LogP contribution >= 0.6 is 23.4 Å². The molecule has 184 valence electrons. The standard InChI is InChI=1S/C29H22ClN3O3S/c1-18-7-9-20(10-8-18)26-15-23(19-11-13-21(30)14-12-19)24(16-31)28(33-26)37-17-27(34)32-25-6-4-3-5-22(25)29(35)36-2/h3-15H,17H2,1-2H3,(H,32,34). The summed E-state index contributed by atoms with van der Waals surface area (Å²) in [6, 6.07) is 25.9. The van der Waals surface area contributed by atoms with Gasteiger partial charge in [0.2, 0.25) is 5.91 Å². The van der Waals surface area contributed by atoms with Crippen LogP contribution in [0, 0.1) is 18.3 Å². The first-order valence-electron chi connectivity index (χ1n) is 11.3. The Balaban J connectivity index is 1.67. The number of aryl methyl sites for hydroxylation is 1. The largest absolute Gasteiger partial charge is 0.465 e. The van der Waals surface area contributed by atoms with E-state index in [9.17, 15) is 14.9 Å². The molecule has 0 radical (unpaired) electrons. The topological polar surface area (TPSA) is 92.1 Å². The molecule has 1 N–H and O–H groups in total. The van der Waals surface area contributed by atoms with Crippen LogP contribution in [0.3, 0.4) is 0 Å². The van der Waals surface area contributed by atoms with Crippen molar-refractivity contribution in [3.05, 3.63) is 101 Å². The Labute approximate surface area is 224 Å². The van der Waals surface area contributed by atoms with E-state index in [1.165, 1.54) is 7.11 Å². The number of halogens is 1. The van der Waals surface area contributed by atoms with Crippen LogP contribution in [0.25, 0.3) is 22.4 Å². The highest BCUT2D eigenvalue weighted by molar-refractivity contribution is 8.00. The molecule has 1 heterocycles. The van der Waals surface area contributed by atoms with Crippen molar-refractivity contribution in [2.45, 2.75) is 11.9 Å². The fraction of sp³-hybridized carbons (Fsp3) is 0.103. The Bertz CT molecular complexity index is 1500. The summed E-state index contributed by atoms with van der Waals surface area (Å²) in [5.41, 5.74) is 5.18. The third kappa shape index (κ3) is 6.18. The maximum Gasteiger partial charge on any atom is 0.339 e. The molecule has 0 spiro atoms. The number of nitrogens with zero attached hydrogens (tertiary/aromatic N) is 2. The number of amides is 1. The molecule has 0 aliphatic heterocycles. The number of nitriles is 1. The van der Waals surface area contributed by atoms with Crippen LogP contribution in [0.2, 0.25) is 5.02 Å². The quantitative estimate of drug-likeness (QED) is 0.211. The Morgan fingerprint density at radius 1 is 1.03 bits per heavy atom. The molecule has 0 aliphatic rings. The number of benzene rings is 3. The fourth-order valence-corrected chi connectivity index (χ4v) is 4.59. The maximum atomic E-state index is 12.8. The van der Waals surface area contributed by atoms with Crippen LogP contribution in [0.5, 0.6) is 0 Å². The highest BCUT2D eigenvalue weighted by atomic mass is 35.5. The third-order valence-corrected chi connectivity index (χ3v) is 6.77. The number of carbonyl (C=O) groups excluding carboxylic acids is 2. The lowest BCUT2D eigenvalue weighted by Gasteiger charge is -2.13. The molecule has 0 aliphatic carbocycles. The van der Waals surface area contributed by atoms with Crippen molar-refractivity contribution in [2.24, 2.45) is 0 Å². The molecule has 0 bridgehead atoms. The fourth-order valence-electron chi connectivity index (χ4n) is 3.66. The van der Waals surface area contributed by atoms with E-state index >= 15 is 0 Å². The number of ether oxygens (including phenoxy) is 1. The summed E-state index contributed by atoms with van der Waals surface area (Å²) >= 11 is 7.24. The number of aromatic nitrogens is 1. The minimum absolute atomic E-state index is 0.0193. The second-order valence-electron chi connectivity index (χ2n) is 8.09. The zero-order valence-electron chi connectivity index (χ0n) is 20.1. The van der Waals surface area contributed by atoms with Crippen LogP contribution in [0.4, 0.5) is 5.69 Å². The van der Waals surface area contributed by atoms with Gasteiger partial charge in [-0.3, -0.25) is 4.79 Å². The van der Waals surface area contributed by atoms with Gasteiger partial charge in [0.25, 0.3) is 0 Å². The zero-order valence-corrected chi connectivity index (χ0v) is 21.7. The summed E-state index contributed by atoms with van der Waals surface area (Å²) < 4.78 is 4.79. The van der Waals surface area contributed by atoms with Crippen LogP contribution < -0.4 is 5.32 Å². The average Bonchev–Trinajstić information content (AvgIpc) is 2.92. The Kier molecular flexibility index (Phi) is 8.24. The molecule has 4 rings (SSSR count). The average molecular weight is 528 g/mol. The molecular weight excluding hydrogens is 506 g/mol. The normalized spacial score (nSPS) is 10.4. The third-order valence-electron chi connectivity index (χ3n) is 5.55. The Morgan fingerprint density at radius 2 is 1.70 bits per heavy atom. The van der Waals surface area contributed by atoms with Crippen LogP contribution in [0.1, 0.15) is 21.5 Å². The number of thioether (sulfide) groups is 1. The van der Waals surface area contributed by atoms with Gasteiger partial charge in [-0.1, -0.05) is 77.5 Å². The number of hydrogen-bond acceptors (Lipinski definition) is 6. The van der Waals surface area contributed by atoms with Crippen LogP contribution in [-0.4, -0.2) is 29.7 Å². The number of nitrogens with one attached hydrogen (secondary N) is 1. The molecule has 0 atom stereocenters. The zero-order chi connectivity index (χ0) is 26.4. The van der Waals surface area contributed by atoms with Gasteiger partial charge >= 0.3 is 5.97 Å². The maximum absolute atomic E-state index is 12.8. The molecule has 3 aromatic carbocycles. The van der Waals surface area contributed by atoms with E-state index in [0.29, 0.717) is 32.6 Å². The summed E-state index contributed by atoms with van der Waals surface area (Å²) in [7, 11) is 1.28. The summed E-state index contributed by atoms with van der Waals surface area (Å²) in [6.45, 7) is 2.01. The molecule has 0 saturated carbocycles. The number of esters is 1. The molecule has 1 aromatic heterocycles. The van der Waals surface area contributed by atoms with E-state index in [1.807, 2.05) is 49.4 Å². The van der Waals surface area contributed by atoms with Crippen molar-refractivity contribution in [3.63, 3.8) is 0 Å². The number of rotatable bonds is 7. The molecule has 8 heteroatoms. The predicted octanol–water partition coefficient (Wildman–Crippen LogP) is 6.77. The summed E-state index contributed by atoms with van der Waals surface area (Å²) in [4.78, 5) is 29.6. The van der Waals surface area contributed by atoms with Crippen molar-refractivity contribution < 1.29 is 14.3 Å². The number of para-hydroxylation sites is 1. The SMILES string of the molecule is COC(=O)c1ccccc1NC(=O)CSc1nc(-c2ccc(C)cc2)cc(-c2ccc(Cl)cc2)c1C#N. The second kappa shape index (κ2) is 11.7. The van der Waals surface area contributed by atoms with E-state index in [4.69, 9.17) is 21.3 Å². The number of methoxy groups -OCH3 is 1.